The van der Waals surface area contributed by atoms with Crippen LogP contribution in [0.2, 0.25) is 0 Å². The van der Waals surface area contributed by atoms with Crippen molar-refractivity contribution < 1.29 is 14.0 Å². The lowest BCUT2D eigenvalue weighted by Gasteiger charge is -2.29. The van der Waals surface area contributed by atoms with Crippen LogP contribution in [0.4, 0.5) is 11.6 Å². The van der Waals surface area contributed by atoms with Crippen LogP contribution in [0, 0.1) is 6.92 Å². The van der Waals surface area contributed by atoms with Crippen LogP contribution in [0.15, 0.2) is 46.4 Å². The largest absolute Gasteiger partial charge is 0.441 e. The lowest BCUT2D eigenvalue weighted by Crippen LogP contribution is -2.54. The molecule has 1 aromatic heterocycles. The molecule has 25 heavy (non-hydrogen) atoms. The van der Waals surface area contributed by atoms with Crippen molar-refractivity contribution in [1.29, 1.82) is 0 Å². The van der Waals surface area contributed by atoms with Crippen LogP contribution in [-0.2, 0) is 9.59 Å². The van der Waals surface area contributed by atoms with Crippen molar-refractivity contribution >= 4 is 46.8 Å². The molecule has 6 nitrogen and oxygen atoms in total. The second kappa shape index (κ2) is 6.52. The third kappa shape index (κ3) is 3.18. The highest BCUT2D eigenvalue weighted by molar-refractivity contribution is 7.80. The molecule has 0 unspecified atom stereocenters. The van der Waals surface area contributed by atoms with E-state index < -0.39 is 11.8 Å². The number of anilines is 2. The van der Waals surface area contributed by atoms with Crippen molar-refractivity contribution in [2.75, 3.05) is 23.9 Å². The zero-order valence-corrected chi connectivity index (χ0v) is 14.9. The van der Waals surface area contributed by atoms with Gasteiger partial charge in [-0.25, -0.2) is 0 Å². The molecule has 1 aromatic carbocycles. The summed E-state index contributed by atoms with van der Waals surface area (Å²) in [4.78, 5) is 28.3. The van der Waals surface area contributed by atoms with E-state index in [0.29, 0.717) is 17.3 Å². The Bertz CT molecular complexity index is 898. The molecule has 0 bridgehead atoms. The van der Waals surface area contributed by atoms with E-state index in [1.807, 2.05) is 39.2 Å². The molecule has 0 atom stereocenters. The van der Waals surface area contributed by atoms with E-state index >= 15 is 0 Å². The minimum atomic E-state index is -0.539. The first-order chi connectivity index (χ1) is 11.9. The van der Waals surface area contributed by atoms with Gasteiger partial charge in [0.2, 0.25) is 0 Å². The molecule has 2 amide bonds. The Labute approximate surface area is 150 Å². The van der Waals surface area contributed by atoms with Gasteiger partial charge in [0.05, 0.1) is 5.69 Å². The first kappa shape index (κ1) is 16.9. The van der Waals surface area contributed by atoms with Gasteiger partial charge in [-0.2, -0.15) is 0 Å². The summed E-state index contributed by atoms with van der Waals surface area (Å²) in [5, 5.41) is 2.63. The highest BCUT2D eigenvalue weighted by Crippen LogP contribution is 2.26. The van der Waals surface area contributed by atoms with E-state index in [1.165, 1.54) is 11.0 Å². The predicted molar refractivity (Wildman–Crippen MR) is 100 cm³/mol. The first-order valence-corrected chi connectivity index (χ1v) is 8.03. The Hall–Kier alpha value is -2.93. The van der Waals surface area contributed by atoms with E-state index in [0.717, 1.165) is 5.56 Å². The maximum Gasteiger partial charge on any atom is 0.270 e. The average molecular weight is 355 g/mol. The van der Waals surface area contributed by atoms with Gasteiger partial charge in [0.25, 0.3) is 11.8 Å². The number of aryl methyl sites for hydroxylation is 1. The number of para-hydroxylation sites is 1. The van der Waals surface area contributed by atoms with E-state index in [9.17, 15) is 9.59 Å². The Morgan fingerprint density at radius 3 is 2.52 bits per heavy atom. The normalized spacial score (nSPS) is 16.4. The molecule has 3 rings (SSSR count). The van der Waals surface area contributed by atoms with Crippen LogP contribution < -0.4 is 15.1 Å². The fourth-order valence-electron chi connectivity index (χ4n) is 2.49. The molecule has 0 radical (unpaired) electrons. The number of furan rings is 1. The fraction of sp³-hybridized carbons (Fsp3) is 0.167. The number of benzene rings is 1. The molecule has 7 heteroatoms. The number of nitrogens with zero attached hydrogens (tertiary/aromatic N) is 2. The first-order valence-electron chi connectivity index (χ1n) is 7.62. The van der Waals surface area contributed by atoms with Gasteiger partial charge in [-0.15, -0.1) is 0 Å². The Morgan fingerprint density at radius 2 is 1.88 bits per heavy atom. The lowest BCUT2D eigenvalue weighted by atomic mass is 10.1. The highest BCUT2D eigenvalue weighted by atomic mass is 32.1. The van der Waals surface area contributed by atoms with E-state index in [-0.39, 0.29) is 10.7 Å². The summed E-state index contributed by atoms with van der Waals surface area (Å²) in [6.07, 6.45) is 1.43. The van der Waals surface area contributed by atoms with Crippen LogP contribution in [0.25, 0.3) is 6.08 Å². The van der Waals surface area contributed by atoms with Crippen molar-refractivity contribution in [2.24, 2.45) is 0 Å². The van der Waals surface area contributed by atoms with Crippen molar-refractivity contribution in [2.45, 2.75) is 6.92 Å². The zero-order valence-electron chi connectivity index (χ0n) is 14.1. The van der Waals surface area contributed by atoms with Gasteiger partial charge < -0.3 is 9.32 Å². The van der Waals surface area contributed by atoms with E-state index in [2.05, 4.69) is 5.32 Å². The van der Waals surface area contributed by atoms with E-state index in [1.54, 1.807) is 23.1 Å². The van der Waals surface area contributed by atoms with Crippen LogP contribution in [0.5, 0.6) is 0 Å². The van der Waals surface area contributed by atoms with Gasteiger partial charge in [0, 0.05) is 20.2 Å². The van der Waals surface area contributed by atoms with Crippen LogP contribution in [-0.4, -0.2) is 31.0 Å². The monoisotopic (exact) mass is 355 g/mol. The molecule has 2 aromatic rings. The van der Waals surface area contributed by atoms with Crippen molar-refractivity contribution in [3.8, 4) is 0 Å². The Morgan fingerprint density at radius 1 is 1.16 bits per heavy atom. The summed E-state index contributed by atoms with van der Waals surface area (Å²) in [7, 11) is 3.68. The molecule has 1 aliphatic rings. The molecule has 1 saturated heterocycles. The van der Waals surface area contributed by atoms with Crippen molar-refractivity contribution in [3.05, 3.63) is 53.3 Å². The number of amides is 2. The van der Waals surface area contributed by atoms with Crippen molar-refractivity contribution in [3.63, 3.8) is 0 Å². The number of thiocarbonyl (C=S) groups is 1. The highest BCUT2D eigenvalue weighted by Gasteiger charge is 2.35. The summed E-state index contributed by atoms with van der Waals surface area (Å²) < 4.78 is 5.60. The fourth-order valence-corrected chi connectivity index (χ4v) is 2.77. The van der Waals surface area contributed by atoms with Crippen LogP contribution >= 0.6 is 12.2 Å². The average Bonchev–Trinajstić information content (AvgIpc) is 3.02. The van der Waals surface area contributed by atoms with Crippen molar-refractivity contribution in [1.82, 2.24) is 5.32 Å². The van der Waals surface area contributed by atoms with Gasteiger partial charge >= 0.3 is 0 Å². The molecule has 0 saturated carbocycles. The Kier molecular flexibility index (Phi) is 4.41. The van der Waals surface area contributed by atoms with Gasteiger partial charge in [-0.1, -0.05) is 18.2 Å². The van der Waals surface area contributed by atoms with Crippen LogP contribution in [0.3, 0.4) is 0 Å². The van der Waals surface area contributed by atoms with Gasteiger partial charge in [-0.05, 0) is 42.9 Å². The number of rotatable bonds is 3. The molecular formula is C18H17N3O3S. The summed E-state index contributed by atoms with van der Waals surface area (Å²) in [6.45, 7) is 1.88. The number of carbonyl (C=O) groups is 2. The molecule has 2 heterocycles. The molecule has 1 aliphatic heterocycles. The third-order valence-electron chi connectivity index (χ3n) is 3.80. The number of hydrogen-bond donors (Lipinski definition) is 1. The molecule has 128 valence electrons. The maximum absolute atomic E-state index is 12.9. The Balaban J connectivity index is 2.00. The van der Waals surface area contributed by atoms with E-state index in [4.69, 9.17) is 16.6 Å². The second-order valence-electron chi connectivity index (χ2n) is 5.81. The molecule has 1 fully saturated rings. The molecule has 0 aliphatic carbocycles. The van der Waals surface area contributed by atoms with Crippen LogP contribution in [0.1, 0.15) is 11.3 Å². The zero-order chi connectivity index (χ0) is 18.1. The molecule has 1 N–H and O–H groups in total. The summed E-state index contributed by atoms with van der Waals surface area (Å²) >= 11 is 5.19. The molecular weight excluding hydrogens is 338 g/mol. The topological polar surface area (TPSA) is 65.8 Å². The SMILES string of the molecule is Cc1ccccc1N1C(=O)/C(=C/c2ccc(N(C)C)o2)C(=O)NC1=S. The predicted octanol–water partition coefficient (Wildman–Crippen LogP) is 2.49. The number of nitrogens with one attached hydrogen (secondary N) is 1. The van der Waals surface area contributed by atoms with Gasteiger partial charge in [0.15, 0.2) is 11.0 Å². The smallest absolute Gasteiger partial charge is 0.270 e. The van der Waals surface area contributed by atoms with Gasteiger partial charge in [-0.3, -0.25) is 19.8 Å². The molecule has 0 spiro atoms. The summed E-state index contributed by atoms with van der Waals surface area (Å²) in [5.74, 6) is 0.0232. The summed E-state index contributed by atoms with van der Waals surface area (Å²) in [5.41, 5.74) is 1.48. The standard InChI is InChI=1S/C18H17N3O3S/c1-11-6-4-5-7-14(11)21-17(23)13(16(22)19-18(21)25)10-12-8-9-15(24-12)20(2)3/h4-10H,1-3H3,(H,19,22,25)/b13-10+. The maximum atomic E-state index is 12.9. The number of carbonyl (C=O) groups excluding carboxylic acids is 2. The second-order valence-corrected chi connectivity index (χ2v) is 6.20. The number of hydrogen-bond acceptors (Lipinski definition) is 5. The third-order valence-corrected chi connectivity index (χ3v) is 4.08. The van der Waals surface area contributed by atoms with Gasteiger partial charge in [0.1, 0.15) is 11.3 Å². The quantitative estimate of drug-likeness (QED) is 0.521. The minimum absolute atomic E-state index is 0.0310. The minimum Gasteiger partial charge on any atom is -0.441 e. The lowest BCUT2D eigenvalue weighted by molar-refractivity contribution is -0.122. The summed E-state index contributed by atoms with van der Waals surface area (Å²) in [6, 6.07) is 10.8.